The maximum absolute atomic E-state index is 4.44. The van der Waals surface area contributed by atoms with Crippen molar-refractivity contribution in [3.8, 4) is 0 Å². The van der Waals surface area contributed by atoms with Crippen molar-refractivity contribution in [2.24, 2.45) is 11.8 Å². The van der Waals surface area contributed by atoms with Gasteiger partial charge in [0.1, 0.15) is 5.82 Å². The summed E-state index contributed by atoms with van der Waals surface area (Å²) in [4.78, 5) is 6.86. The molecule has 2 aliphatic rings. The van der Waals surface area contributed by atoms with Crippen LogP contribution in [0.4, 0.5) is 5.82 Å². The molecule has 0 spiro atoms. The van der Waals surface area contributed by atoms with Crippen molar-refractivity contribution in [2.45, 2.75) is 13.3 Å². The molecule has 1 saturated heterocycles. The van der Waals surface area contributed by atoms with E-state index in [0.717, 1.165) is 17.7 Å². The lowest BCUT2D eigenvalue weighted by molar-refractivity contribution is 0.805. The van der Waals surface area contributed by atoms with E-state index in [2.05, 4.69) is 28.9 Å². The molecule has 13 heavy (non-hydrogen) atoms. The van der Waals surface area contributed by atoms with Crippen molar-refractivity contribution >= 4 is 5.82 Å². The van der Waals surface area contributed by atoms with E-state index >= 15 is 0 Å². The Bertz CT molecular complexity index is 307. The summed E-state index contributed by atoms with van der Waals surface area (Å²) in [5.41, 5.74) is 1.24. The highest BCUT2D eigenvalue weighted by molar-refractivity contribution is 5.42. The van der Waals surface area contributed by atoms with E-state index < -0.39 is 0 Å². The molecule has 2 atom stereocenters. The molecule has 68 valence electrons. The third-order valence-corrected chi connectivity index (χ3v) is 3.20. The zero-order valence-electron chi connectivity index (χ0n) is 7.90. The minimum Gasteiger partial charge on any atom is -0.356 e. The number of rotatable bonds is 1. The highest BCUT2D eigenvalue weighted by atomic mass is 15.2. The molecule has 1 aliphatic carbocycles. The number of nitrogens with zero attached hydrogens (tertiary/aromatic N) is 2. The van der Waals surface area contributed by atoms with Gasteiger partial charge in [-0.1, -0.05) is 6.07 Å². The van der Waals surface area contributed by atoms with Gasteiger partial charge in [-0.3, -0.25) is 0 Å². The molecule has 1 aromatic rings. The van der Waals surface area contributed by atoms with Crippen LogP contribution in [-0.2, 0) is 0 Å². The summed E-state index contributed by atoms with van der Waals surface area (Å²) >= 11 is 0. The van der Waals surface area contributed by atoms with Crippen LogP contribution in [0.5, 0.6) is 0 Å². The number of pyridine rings is 1. The fourth-order valence-corrected chi connectivity index (χ4v) is 2.23. The molecular weight excluding hydrogens is 160 g/mol. The summed E-state index contributed by atoms with van der Waals surface area (Å²) < 4.78 is 0. The third-order valence-electron chi connectivity index (χ3n) is 3.20. The predicted octanol–water partition coefficient (Wildman–Crippen LogP) is 1.85. The van der Waals surface area contributed by atoms with E-state index in [-0.39, 0.29) is 0 Å². The molecule has 0 N–H and O–H groups in total. The van der Waals surface area contributed by atoms with E-state index in [1.54, 1.807) is 0 Å². The Morgan fingerprint density at radius 2 is 2.08 bits per heavy atom. The lowest BCUT2D eigenvalue weighted by Gasteiger charge is -2.18. The summed E-state index contributed by atoms with van der Waals surface area (Å²) in [6, 6.07) is 4.28. The van der Waals surface area contributed by atoms with Crippen LogP contribution < -0.4 is 4.90 Å². The average Bonchev–Trinajstić information content (AvgIpc) is 2.75. The van der Waals surface area contributed by atoms with E-state index in [0.29, 0.717) is 0 Å². The highest BCUT2D eigenvalue weighted by Crippen LogP contribution is 2.45. The van der Waals surface area contributed by atoms with Gasteiger partial charge in [0, 0.05) is 19.3 Å². The Morgan fingerprint density at radius 3 is 2.69 bits per heavy atom. The topological polar surface area (TPSA) is 16.1 Å². The van der Waals surface area contributed by atoms with Gasteiger partial charge in [-0.2, -0.15) is 0 Å². The Balaban J connectivity index is 1.81. The normalized spacial score (nSPS) is 30.4. The lowest BCUT2D eigenvalue weighted by atomic mass is 10.3. The van der Waals surface area contributed by atoms with Crippen molar-refractivity contribution in [1.82, 2.24) is 4.98 Å². The van der Waals surface area contributed by atoms with Gasteiger partial charge < -0.3 is 4.90 Å². The number of fused-ring (bicyclic) bond motifs is 1. The van der Waals surface area contributed by atoms with Gasteiger partial charge in [-0.15, -0.1) is 0 Å². The Morgan fingerprint density at radius 1 is 1.31 bits per heavy atom. The molecule has 0 bridgehead atoms. The fourth-order valence-electron chi connectivity index (χ4n) is 2.23. The number of aromatic nitrogens is 1. The average molecular weight is 174 g/mol. The smallest absolute Gasteiger partial charge is 0.128 e. The fraction of sp³-hybridized carbons (Fsp3) is 0.545. The van der Waals surface area contributed by atoms with Crippen LogP contribution in [0.25, 0.3) is 0 Å². The van der Waals surface area contributed by atoms with Crippen LogP contribution in [0, 0.1) is 18.8 Å². The number of aryl methyl sites for hydroxylation is 1. The zero-order valence-corrected chi connectivity index (χ0v) is 7.90. The molecule has 0 radical (unpaired) electrons. The van der Waals surface area contributed by atoms with Crippen molar-refractivity contribution in [3.63, 3.8) is 0 Å². The number of anilines is 1. The molecule has 2 heterocycles. The van der Waals surface area contributed by atoms with Crippen molar-refractivity contribution in [2.75, 3.05) is 18.0 Å². The summed E-state index contributed by atoms with van der Waals surface area (Å²) in [7, 11) is 0. The predicted molar refractivity (Wildman–Crippen MR) is 52.8 cm³/mol. The third kappa shape index (κ3) is 1.21. The zero-order chi connectivity index (χ0) is 8.84. The molecule has 0 amide bonds. The van der Waals surface area contributed by atoms with E-state index in [9.17, 15) is 0 Å². The second kappa shape index (κ2) is 2.47. The minimum atomic E-state index is 0.989. The van der Waals surface area contributed by atoms with Gasteiger partial charge in [0.25, 0.3) is 0 Å². The van der Waals surface area contributed by atoms with Crippen molar-refractivity contribution in [1.29, 1.82) is 0 Å². The van der Waals surface area contributed by atoms with Crippen molar-refractivity contribution in [3.05, 3.63) is 23.9 Å². The van der Waals surface area contributed by atoms with Gasteiger partial charge in [0.05, 0.1) is 0 Å². The van der Waals surface area contributed by atoms with E-state index in [4.69, 9.17) is 0 Å². The first-order chi connectivity index (χ1) is 6.33. The van der Waals surface area contributed by atoms with Crippen LogP contribution in [0.1, 0.15) is 12.0 Å². The maximum atomic E-state index is 4.44. The first kappa shape index (κ1) is 7.36. The summed E-state index contributed by atoms with van der Waals surface area (Å²) in [6.45, 7) is 4.56. The van der Waals surface area contributed by atoms with Crippen LogP contribution >= 0.6 is 0 Å². The summed E-state index contributed by atoms with van der Waals surface area (Å²) in [5, 5.41) is 0. The highest BCUT2D eigenvalue weighted by Gasteiger charge is 2.45. The summed E-state index contributed by atoms with van der Waals surface area (Å²) in [5.74, 6) is 3.14. The maximum Gasteiger partial charge on any atom is 0.128 e. The lowest BCUT2D eigenvalue weighted by Crippen LogP contribution is -2.22. The van der Waals surface area contributed by atoms with E-state index in [1.165, 1.54) is 25.1 Å². The SMILES string of the molecule is Cc1ccc(N2C[C@H]3C[C@H]3C2)nc1. The van der Waals surface area contributed by atoms with Gasteiger partial charge in [0.15, 0.2) is 0 Å². The van der Waals surface area contributed by atoms with Crippen LogP contribution in [0.2, 0.25) is 0 Å². The van der Waals surface area contributed by atoms with E-state index in [1.807, 2.05) is 6.20 Å². The van der Waals surface area contributed by atoms with Crippen LogP contribution in [0.3, 0.4) is 0 Å². The van der Waals surface area contributed by atoms with Crippen LogP contribution in [-0.4, -0.2) is 18.1 Å². The second-order valence-corrected chi connectivity index (χ2v) is 4.35. The van der Waals surface area contributed by atoms with Gasteiger partial charge in [-0.05, 0) is 36.8 Å². The number of piperidine rings is 1. The summed E-state index contributed by atoms with van der Waals surface area (Å²) in [6.07, 6.45) is 3.42. The second-order valence-electron chi connectivity index (χ2n) is 4.35. The van der Waals surface area contributed by atoms with Crippen LogP contribution in [0.15, 0.2) is 18.3 Å². The Hall–Kier alpha value is -1.05. The molecule has 0 aromatic carbocycles. The Kier molecular flexibility index (Phi) is 1.40. The van der Waals surface area contributed by atoms with Crippen molar-refractivity contribution < 1.29 is 0 Å². The molecule has 1 aliphatic heterocycles. The standard InChI is InChI=1S/C11H14N2/c1-8-2-3-11(12-5-8)13-6-9-4-10(9)7-13/h2-3,5,9-10H,4,6-7H2,1H3/t9-,10+. The molecule has 3 rings (SSSR count). The molecule has 0 unspecified atom stereocenters. The number of hydrogen-bond acceptors (Lipinski definition) is 2. The molecular formula is C11H14N2. The van der Waals surface area contributed by atoms with Gasteiger partial charge in [-0.25, -0.2) is 4.98 Å². The monoisotopic (exact) mass is 174 g/mol. The molecule has 2 heteroatoms. The minimum absolute atomic E-state index is 0.989. The Labute approximate surface area is 78.6 Å². The first-order valence-corrected chi connectivity index (χ1v) is 5.00. The first-order valence-electron chi connectivity index (χ1n) is 5.00. The van der Waals surface area contributed by atoms with Gasteiger partial charge in [0.2, 0.25) is 0 Å². The molecule has 2 nitrogen and oxygen atoms in total. The van der Waals surface area contributed by atoms with Gasteiger partial charge >= 0.3 is 0 Å². The largest absolute Gasteiger partial charge is 0.356 e. The molecule has 1 saturated carbocycles. The molecule has 1 aromatic heterocycles. The number of hydrogen-bond donors (Lipinski definition) is 0. The quantitative estimate of drug-likeness (QED) is 0.646. The molecule has 2 fully saturated rings.